The Morgan fingerprint density at radius 3 is 0.750 bits per heavy atom. The van der Waals surface area contributed by atoms with E-state index in [0.29, 0.717) is 0 Å². The molecule has 0 aromatic rings. The molecule has 0 saturated carbocycles. The van der Waals surface area contributed by atoms with Crippen LogP contribution in [0.4, 0.5) is 13.2 Å². The van der Waals surface area contributed by atoms with Crippen LogP contribution in [0.15, 0.2) is 0 Å². The van der Waals surface area contributed by atoms with E-state index in [9.17, 15) is 13.2 Å². The van der Waals surface area contributed by atoms with Crippen molar-refractivity contribution in [3.8, 4) is 0 Å². The molecule has 0 unspecified atom stereocenters. The molecular formula is C6H9F3GdO6. The zero-order valence-corrected chi connectivity index (χ0v) is 9.94. The van der Waals surface area contributed by atoms with Gasteiger partial charge in [0.1, 0.15) is 0 Å². The van der Waals surface area contributed by atoms with Crippen LogP contribution in [0.1, 0.15) is 0 Å². The average Bonchev–Trinajstić information content (AvgIpc) is 2.19. The Labute approximate surface area is 120 Å². The largest absolute Gasteiger partial charge is 0.479 e. The molecule has 0 heterocycles. The van der Waals surface area contributed by atoms with Gasteiger partial charge >= 0.3 is 17.9 Å². The zero-order valence-electron chi connectivity index (χ0n) is 7.68. The SMILES string of the molecule is O=C(O)CF.O=C(O)CF.O=C(O)CF.[Gd]. The van der Waals surface area contributed by atoms with Gasteiger partial charge in [0.15, 0.2) is 20.0 Å². The molecule has 0 fully saturated rings. The number of halogens is 3. The van der Waals surface area contributed by atoms with Gasteiger partial charge in [0, 0.05) is 39.9 Å². The quantitative estimate of drug-likeness (QED) is 0.630. The molecule has 0 amide bonds. The van der Waals surface area contributed by atoms with Gasteiger partial charge in [-0.05, 0) is 0 Å². The van der Waals surface area contributed by atoms with E-state index in [1.807, 2.05) is 0 Å². The average molecular weight is 391 g/mol. The Morgan fingerprint density at radius 2 is 0.750 bits per heavy atom. The Bertz CT molecular complexity index is 167. The summed E-state index contributed by atoms with van der Waals surface area (Å²) in [6, 6.07) is 0. The molecule has 0 aromatic heterocycles. The molecule has 10 heteroatoms. The molecular weight excluding hydrogens is 382 g/mol. The molecule has 0 aliphatic heterocycles. The first-order valence-electron chi connectivity index (χ1n) is 3.15. The number of rotatable bonds is 3. The van der Waals surface area contributed by atoms with Crippen LogP contribution in [0.2, 0.25) is 0 Å². The summed E-state index contributed by atoms with van der Waals surface area (Å²) in [5.74, 6) is -4.24. The van der Waals surface area contributed by atoms with E-state index in [-0.39, 0.29) is 39.9 Å². The van der Waals surface area contributed by atoms with Crippen LogP contribution in [0.3, 0.4) is 0 Å². The molecule has 0 spiro atoms. The first-order chi connectivity index (χ1) is 6.81. The van der Waals surface area contributed by atoms with Crippen LogP contribution in [0.5, 0.6) is 0 Å². The van der Waals surface area contributed by atoms with Gasteiger partial charge in [-0.25, -0.2) is 27.6 Å². The second kappa shape index (κ2) is 20.0. The normalized spacial score (nSPS) is 6.94. The van der Waals surface area contributed by atoms with Crippen LogP contribution < -0.4 is 0 Å². The van der Waals surface area contributed by atoms with Gasteiger partial charge in [0.25, 0.3) is 0 Å². The van der Waals surface area contributed by atoms with Gasteiger partial charge in [-0.15, -0.1) is 0 Å². The summed E-state index contributed by atoms with van der Waals surface area (Å²) in [6.07, 6.45) is 0. The minimum atomic E-state index is -1.41. The third-order valence-corrected chi connectivity index (χ3v) is 0.343. The van der Waals surface area contributed by atoms with Crippen molar-refractivity contribution in [2.24, 2.45) is 0 Å². The van der Waals surface area contributed by atoms with Gasteiger partial charge in [-0.1, -0.05) is 0 Å². The maximum absolute atomic E-state index is 10.5. The van der Waals surface area contributed by atoms with Crippen molar-refractivity contribution >= 4 is 17.9 Å². The van der Waals surface area contributed by atoms with Crippen molar-refractivity contribution in [3.05, 3.63) is 0 Å². The number of aliphatic carboxylic acids is 3. The summed E-state index contributed by atoms with van der Waals surface area (Å²) < 4.78 is 31.5. The van der Waals surface area contributed by atoms with E-state index in [0.717, 1.165) is 0 Å². The van der Waals surface area contributed by atoms with E-state index in [2.05, 4.69) is 0 Å². The van der Waals surface area contributed by atoms with Crippen LogP contribution in [0, 0.1) is 39.9 Å². The summed E-state index contributed by atoms with van der Waals surface area (Å²) in [5, 5.41) is 22.0. The standard InChI is InChI=1S/3C2H3FO2.Gd/c3*3-1-2(4)5;/h3*1H2,(H,4,5);. The van der Waals surface area contributed by atoms with Gasteiger partial charge in [0.2, 0.25) is 0 Å². The fraction of sp³-hybridized carbons (Fsp3) is 0.500. The first kappa shape index (κ1) is 24.7. The minimum absolute atomic E-state index is 0. The third kappa shape index (κ3) is 69.5. The molecule has 98 valence electrons. The summed E-state index contributed by atoms with van der Waals surface area (Å²) in [4.78, 5) is 27.0. The number of carboxylic acids is 3. The molecule has 6 nitrogen and oxygen atoms in total. The molecule has 16 heavy (non-hydrogen) atoms. The van der Waals surface area contributed by atoms with Crippen molar-refractivity contribution in [2.75, 3.05) is 20.0 Å². The van der Waals surface area contributed by atoms with Crippen molar-refractivity contribution < 1.29 is 82.8 Å². The predicted molar refractivity (Wildman–Crippen MR) is 40.8 cm³/mol. The Kier molecular flexibility index (Phi) is 30.8. The maximum Gasteiger partial charge on any atom is 0.335 e. The zero-order chi connectivity index (χ0) is 12.9. The monoisotopic (exact) mass is 392 g/mol. The summed E-state index contributed by atoms with van der Waals surface area (Å²) >= 11 is 0. The number of hydrogen-bond donors (Lipinski definition) is 3. The number of carbonyl (C=O) groups is 3. The Balaban J connectivity index is -0.0000000655. The smallest absolute Gasteiger partial charge is 0.335 e. The number of carboxylic acid groups (broad SMARTS) is 3. The second-order valence-electron chi connectivity index (χ2n) is 1.58. The van der Waals surface area contributed by atoms with Crippen molar-refractivity contribution in [3.63, 3.8) is 0 Å². The minimum Gasteiger partial charge on any atom is -0.479 e. The first-order valence-corrected chi connectivity index (χ1v) is 3.15. The molecule has 0 rings (SSSR count). The second-order valence-corrected chi connectivity index (χ2v) is 1.58. The molecule has 0 aromatic carbocycles. The molecule has 0 aliphatic rings. The predicted octanol–water partition coefficient (Wildman–Crippen LogP) is 0.121. The van der Waals surface area contributed by atoms with Crippen LogP contribution in [-0.4, -0.2) is 53.3 Å². The van der Waals surface area contributed by atoms with Gasteiger partial charge in [-0.3, -0.25) is 0 Å². The van der Waals surface area contributed by atoms with Gasteiger partial charge in [0.05, 0.1) is 0 Å². The van der Waals surface area contributed by atoms with E-state index in [4.69, 9.17) is 29.7 Å². The van der Waals surface area contributed by atoms with E-state index < -0.39 is 37.9 Å². The van der Waals surface area contributed by atoms with Crippen molar-refractivity contribution in [1.82, 2.24) is 0 Å². The van der Waals surface area contributed by atoms with Crippen LogP contribution in [-0.2, 0) is 14.4 Å². The molecule has 0 saturated heterocycles. The third-order valence-electron chi connectivity index (χ3n) is 0.343. The Morgan fingerprint density at radius 1 is 0.688 bits per heavy atom. The molecule has 0 aliphatic carbocycles. The maximum atomic E-state index is 10.5. The Hall–Kier alpha value is -0.475. The fourth-order valence-corrected chi connectivity index (χ4v) is 0. The van der Waals surface area contributed by atoms with Gasteiger partial charge in [-0.2, -0.15) is 0 Å². The summed E-state index contributed by atoms with van der Waals surface area (Å²) in [6.45, 7) is -3.83. The molecule has 3 N–H and O–H groups in total. The van der Waals surface area contributed by atoms with E-state index >= 15 is 0 Å². The topological polar surface area (TPSA) is 112 Å². The van der Waals surface area contributed by atoms with Crippen molar-refractivity contribution in [2.45, 2.75) is 0 Å². The molecule has 0 radical (unpaired) electrons. The number of alkyl halides is 3. The number of hydrogen-bond acceptors (Lipinski definition) is 3. The molecule has 0 atom stereocenters. The summed E-state index contributed by atoms with van der Waals surface area (Å²) in [5.41, 5.74) is 0. The van der Waals surface area contributed by atoms with E-state index in [1.165, 1.54) is 0 Å². The fourth-order valence-electron chi connectivity index (χ4n) is 0. The van der Waals surface area contributed by atoms with E-state index in [1.54, 1.807) is 0 Å². The van der Waals surface area contributed by atoms with Crippen LogP contribution >= 0.6 is 0 Å². The molecule has 0 bridgehead atoms. The van der Waals surface area contributed by atoms with Crippen molar-refractivity contribution in [1.29, 1.82) is 0 Å². The van der Waals surface area contributed by atoms with Gasteiger partial charge < -0.3 is 15.3 Å². The summed E-state index contributed by atoms with van der Waals surface area (Å²) in [7, 11) is 0. The van der Waals surface area contributed by atoms with Crippen LogP contribution in [0.25, 0.3) is 0 Å².